The molecule has 158 valence electrons. The van der Waals surface area contributed by atoms with Crippen LogP contribution < -0.4 is 0 Å². The van der Waals surface area contributed by atoms with E-state index in [2.05, 4.69) is 9.88 Å². The number of likely N-dealkylation sites (N-methyl/N-ethyl adjacent to an activating group) is 1. The van der Waals surface area contributed by atoms with Crippen LogP contribution >= 0.6 is 11.8 Å². The first-order chi connectivity index (χ1) is 13.7. The molecule has 2 aliphatic rings. The van der Waals surface area contributed by atoms with Crippen molar-refractivity contribution in [2.45, 2.75) is 43.8 Å². The predicted molar refractivity (Wildman–Crippen MR) is 105 cm³/mol. The van der Waals surface area contributed by atoms with Crippen LogP contribution in [0.25, 0.3) is 0 Å². The Morgan fingerprint density at radius 2 is 2.00 bits per heavy atom. The van der Waals surface area contributed by atoms with Crippen molar-refractivity contribution >= 4 is 17.7 Å². The molecule has 0 bridgehead atoms. The molecule has 1 aromatic heterocycles. The molecular weight excluding hydrogens is 401 g/mol. The van der Waals surface area contributed by atoms with Crippen LogP contribution in [0.4, 0.5) is 13.2 Å². The Labute approximate surface area is 173 Å². The van der Waals surface area contributed by atoms with Gasteiger partial charge in [0, 0.05) is 31.9 Å². The van der Waals surface area contributed by atoms with Gasteiger partial charge in [-0.15, -0.1) is 0 Å². The molecule has 0 spiro atoms. The summed E-state index contributed by atoms with van der Waals surface area (Å²) < 4.78 is 41.7. The highest BCUT2D eigenvalue weighted by Gasteiger charge is 2.41. The zero-order valence-corrected chi connectivity index (χ0v) is 17.5. The summed E-state index contributed by atoms with van der Waals surface area (Å²) in [7, 11) is 1.98. The zero-order chi connectivity index (χ0) is 21.2. The minimum Gasteiger partial charge on any atom is -0.339 e. The van der Waals surface area contributed by atoms with Crippen molar-refractivity contribution in [2.24, 2.45) is 5.92 Å². The lowest BCUT2D eigenvalue weighted by molar-refractivity contribution is -0.138. The normalized spacial score (nSPS) is 20.3. The Morgan fingerprint density at radius 3 is 2.59 bits per heavy atom. The van der Waals surface area contributed by atoms with Crippen molar-refractivity contribution in [2.75, 3.05) is 39.0 Å². The number of pyridine rings is 1. The molecule has 1 aromatic rings. The molecule has 0 aromatic carbocycles. The van der Waals surface area contributed by atoms with Crippen molar-refractivity contribution in [3.8, 4) is 6.07 Å². The first-order valence-corrected chi connectivity index (χ1v) is 10.8. The van der Waals surface area contributed by atoms with E-state index >= 15 is 0 Å². The zero-order valence-electron chi connectivity index (χ0n) is 16.7. The van der Waals surface area contributed by atoms with Crippen molar-refractivity contribution in [1.29, 1.82) is 5.26 Å². The van der Waals surface area contributed by atoms with Gasteiger partial charge in [0.05, 0.1) is 16.9 Å². The molecule has 1 saturated heterocycles. The standard InChI is InChI=1S/C20H25F3N4OS/c1-3-13-4-5-16-14(10-13)18(20(21,22)23)15(11-24)19(25-16)29-12-17(28)27-8-6-26(2)7-9-27/h13H,3-10,12H2,1-2H3. The lowest BCUT2D eigenvalue weighted by atomic mass is 9.82. The first kappa shape index (κ1) is 21.9. The van der Waals surface area contributed by atoms with E-state index in [1.54, 1.807) is 11.0 Å². The molecule has 0 radical (unpaired) electrons. The van der Waals surface area contributed by atoms with Gasteiger partial charge in [-0.1, -0.05) is 25.1 Å². The summed E-state index contributed by atoms with van der Waals surface area (Å²) in [6, 6.07) is 1.73. The number of rotatable bonds is 4. The molecule has 3 rings (SSSR count). The monoisotopic (exact) mass is 426 g/mol. The van der Waals surface area contributed by atoms with E-state index in [0.717, 1.165) is 37.7 Å². The van der Waals surface area contributed by atoms with Gasteiger partial charge in [-0.05, 0) is 37.8 Å². The summed E-state index contributed by atoms with van der Waals surface area (Å²) in [5.41, 5.74) is -0.695. The molecule has 1 unspecified atom stereocenters. The van der Waals surface area contributed by atoms with Crippen molar-refractivity contribution in [3.05, 3.63) is 22.4 Å². The lowest BCUT2D eigenvalue weighted by Gasteiger charge is -2.32. The van der Waals surface area contributed by atoms with Crippen LogP contribution in [0.2, 0.25) is 0 Å². The Bertz CT molecular complexity index is 813. The number of aromatic nitrogens is 1. The Kier molecular flexibility index (Phi) is 6.74. The summed E-state index contributed by atoms with van der Waals surface area (Å²) >= 11 is 0.945. The highest BCUT2D eigenvalue weighted by atomic mass is 32.2. The third kappa shape index (κ3) is 4.86. The van der Waals surface area contributed by atoms with E-state index in [1.807, 2.05) is 14.0 Å². The van der Waals surface area contributed by atoms with Gasteiger partial charge in [0.15, 0.2) is 0 Å². The van der Waals surface area contributed by atoms with Crippen LogP contribution in [0, 0.1) is 17.2 Å². The third-order valence-electron chi connectivity index (χ3n) is 5.79. The maximum atomic E-state index is 13.9. The number of alkyl halides is 3. The Balaban J connectivity index is 1.87. The second kappa shape index (κ2) is 8.92. The second-order valence-corrected chi connectivity index (χ2v) is 8.66. The van der Waals surface area contributed by atoms with Gasteiger partial charge in [-0.3, -0.25) is 4.79 Å². The summed E-state index contributed by atoms with van der Waals surface area (Å²) in [5.74, 6) is 0.0272. The van der Waals surface area contributed by atoms with E-state index in [4.69, 9.17) is 0 Å². The molecule has 5 nitrogen and oxygen atoms in total. The quantitative estimate of drug-likeness (QED) is 0.691. The van der Waals surface area contributed by atoms with Gasteiger partial charge in [-0.25, -0.2) is 4.98 Å². The topological polar surface area (TPSA) is 60.2 Å². The molecule has 0 saturated carbocycles. The SMILES string of the molecule is CCC1CCc2nc(SCC(=O)N3CCN(C)CC3)c(C#N)c(C(F)(F)F)c2C1. The first-order valence-electron chi connectivity index (χ1n) is 9.86. The van der Waals surface area contributed by atoms with Crippen LogP contribution in [-0.4, -0.2) is 59.7 Å². The van der Waals surface area contributed by atoms with Gasteiger partial charge in [0.2, 0.25) is 5.91 Å². The molecule has 1 aliphatic heterocycles. The number of carbonyl (C=O) groups excluding carboxylic acids is 1. The number of fused-ring (bicyclic) bond motifs is 1. The predicted octanol–water partition coefficient (Wildman–Crippen LogP) is 3.35. The van der Waals surface area contributed by atoms with Crippen molar-refractivity contribution < 1.29 is 18.0 Å². The smallest absolute Gasteiger partial charge is 0.339 e. The van der Waals surface area contributed by atoms with Crippen LogP contribution in [0.3, 0.4) is 0 Å². The molecule has 1 fully saturated rings. The van der Waals surface area contributed by atoms with Gasteiger partial charge in [0.25, 0.3) is 0 Å². The van der Waals surface area contributed by atoms with Crippen LogP contribution in [-0.2, 0) is 23.8 Å². The number of nitrogens with zero attached hydrogens (tertiary/aromatic N) is 4. The van der Waals surface area contributed by atoms with Gasteiger partial charge < -0.3 is 9.80 Å². The molecule has 29 heavy (non-hydrogen) atoms. The number of amides is 1. The average Bonchev–Trinajstić information content (AvgIpc) is 2.70. The summed E-state index contributed by atoms with van der Waals surface area (Å²) in [6.45, 7) is 4.72. The molecule has 1 aliphatic carbocycles. The number of carbonyl (C=O) groups is 1. The third-order valence-corrected chi connectivity index (χ3v) is 6.75. The van der Waals surface area contributed by atoms with Crippen molar-refractivity contribution in [1.82, 2.24) is 14.8 Å². The fraction of sp³-hybridized carbons (Fsp3) is 0.650. The number of hydrogen-bond donors (Lipinski definition) is 0. The molecule has 2 heterocycles. The second-order valence-electron chi connectivity index (χ2n) is 7.69. The molecule has 1 atom stereocenters. The van der Waals surface area contributed by atoms with Gasteiger partial charge >= 0.3 is 6.18 Å². The van der Waals surface area contributed by atoms with Crippen LogP contribution in [0.1, 0.15) is 42.1 Å². The average molecular weight is 427 g/mol. The number of hydrogen-bond acceptors (Lipinski definition) is 5. The fourth-order valence-electron chi connectivity index (χ4n) is 3.95. The summed E-state index contributed by atoms with van der Waals surface area (Å²) in [5, 5.41) is 9.55. The van der Waals surface area contributed by atoms with E-state index < -0.39 is 17.3 Å². The minimum absolute atomic E-state index is 0.0148. The highest BCUT2D eigenvalue weighted by Crippen LogP contribution is 2.42. The maximum Gasteiger partial charge on any atom is 0.418 e. The van der Waals surface area contributed by atoms with E-state index in [9.17, 15) is 23.2 Å². The van der Waals surface area contributed by atoms with E-state index in [1.165, 1.54) is 0 Å². The highest BCUT2D eigenvalue weighted by molar-refractivity contribution is 8.00. The van der Waals surface area contributed by atoms with E-state index in [-0.39, 0.29) is 28.2 Å². The molecule has 0 N–H and O–H groups in total. The molecule has 9 heteroatoms. The van der Waals surface area contributed by atoms with Crippen molar-refractivity contribution in [3.63, 3.8) is 0 Å². The largest absolute Gasteiger partial charge is 0.418 e. The number of nitriles is 1. The Morgan fingerprint density at radius 1 is 1.31 bits per heavy atom. The van der Waals surface area contributed by atoms with Crippen LogP contribution in [0.5, 0.6) is 0 Å². The fourth-order valence-corrected chi connectivity index (χ4v) is 4.86. The van der Waals surface area contributed by atoms with E-state index in [0.29, 0.717) is 31.6 Å². The van der Waals surface area contributed by atoms with Crippen LogP contribution in [0.15, 0.2) is 5.03 Å². The number of aryl methyl sites for hydroxylation is 1. The maximum absolute atomic E-state index is 13.9. The number of halogens is 3. The minimum atomic E-state index is -4.62. The summed E-state index contributed by atoms with van der Waals surface area (Å²) in [4.78, 5) is 20.7. The molecular formula is C20H25F3N4OS. The number of thioether (sulfide) groups is 1. The van der Waals surface area contributed by atoms with Gasteiger partial charge in [0.1, 0.15) is 11.1 Å². The van der Waals surface area contributed by atoms with Gasteiger partial charge in [-0.2, -0.15) is 18.4 Å². The Hall–Kier alpha value is -1.79. The molecule has 1 amide bonds. The lowest BCUT2D eigenvalue weighted by Crippen LogP contribution is -2.47. The number of piperazine rings is 1. The summed E-state index contributed by atoms with van der Waals surface area (Å²) in [6.07, 6.45) is -2.25.